The third-order valence-corrected chi connectivity index (χ3v) is 2.60. The van der Waals surface area contributed by atoms with Crippen molar-refractivity contribution in [2.75, 3.05) is 26.2 Å². The minimum absolute atomic E-state index is 0.251. The molecule has 92 valence electrons. The predicted molar refractivity (Wildman–Crippen MR) is 65.9 cm³/mol. The molecule has 0 aromatic heterocycles. The molecule has 0 aliphatic carbocycles. The summed E-state index contributed by atoms with van der Waals surface area (Å²) in [6.45, 7) is 2.88. The van der Waals surface area contributed by atoms with Gasteiger partial charge in [0.1, 0.15) is 0 Å². The van der Waals surface area contributed by atoms with E-state index in [1.54, 1.807) is 0 Å². The van der Waals surface area contributed by atoms with Crippen molar-refractivity contribution in [1.29, 1.82) is 0 Å². The average molecular weight is 216 g/mol. The fourth-order valence-corrected chi connectivity index (χ4v) is 1.66. The topological polar surface area (TPSA) is 58.3 Å². The van der Waals surface area contributed by atoms with Gasteiger partial charge in [0.15, 0.2) is 0 Å². The molecule has 0 spiro atoms. The predicted octanol–water partition coefficient (Wildman–Crippen LogP) is 1.65. The maximum atomic E-state index is 8.54. The van der Waals surface area contributed by atoms with E-state index in [0.29, 0.717) is 0 Å². The molecule has 0 amide bonds. The van der Waals surface area contributed by atoms with E-state index in [4.69, 9.17) is 10.8 Å². The number of nitrogens with two attached hydrogens (primary N) is 1. The molecule has 0 saturated carbocycles. The number of unbranched alkanes of at least 4 members (excludes halogenated alkanes) is 7. The average Bonchev–Trinajstić information content (AvgIpc) is 2.26. The van der Waals surface area contributed by atoms with Crippen LogP contribution >= 0.6 is 0 Å². The molecule has 3 heteroatoms. The molecule has 3 nitrogen and oxygen atoms in total. The molecule has 0 heterocycles. The maximum absolute atomic E-state index is 8.54. The van der Waals surface area contributed by atoms with Crippen LogP contribution < -0.4 is 11.1 Å². The Bertz CT molecular complexity index is 97.8. The molecule has 0 unspecified atom stereocenters. The largest absolute Gasteiger partial charge is 0.395 e. The van der Waals surface area contributed by atoms with Crippen LogP contribution in [-0.2, 0) is 0 Å². The molecule has 0 aromatic carbocycles. The number of nitrogens with one attached hydrogen (secondary N) is 1. The first kappa shape index (κ1) is 14.9. The van der Waals surface area contributed by atoms with Crippen LogP contribution in [0.25, 0.3) is 0 Å². The molecular weight excluding hydrogens is 188 g/mol. The Balaban J connectivity index is 2.81. The molecule has 0 atom stereocenters. The van der Waals surface area contributed by atoms with Gasteiger partial charge in [-0.2, -0.15) is 0 Å². The van der Waals surface area contributed by atoms with Gasteiger partial charge in [0.25, 0.3) is 0 Å². The summed E-state index contributed by atoms with van der Waals surface area (Å²) in [6.07, 6.45) is 10.5. The third kappa shape index (κ3) is 13.9. The Labute approximate surface area is 94.4 Å². The molecule has 0 aliphatic rings. The van der Waals surface area contributed by atoms with Crippen molar-refractivity contribution >= 4 is 0 Å². The zero-order valence-corrected chi connectivity index (χ0v) is 10.0. The van der Waals surface area contributed by atoms with E-state index in [-0.39, 0.29) is 6.61 Å². The summed E-state index contributed by atoms with van der Waals surface area (Å²) in [6, 6.07) is 0. The maximum Gasteiger partial charge on any atom is 0.0555 e. The summed E-state index contributed by atoms with van der Waals surface area (Å²) in [5, 5.41) is 11.7. The van der Waals surface area contributed by atoms with Crippen LogP contribution in [0.1, 0.15) is 51.4 Å². The highest BCUT2D eigenvalue weighted by atomic mass is 16.3. The second kappa shape index (κ2) is 13.9. The van der Waals surface area contributed by atoms with Crippen molar-refractivity contribution in [3.05, 3.63) is 0 Å². The molecular formula is C12H28N2O. The second-order valence-corrected chi connectivity index (χ2v) is 4.09. The summed E-state index contributed by atoms with van der Waals surface area (Å²) >= 11 is 0. The van der Waals surface area contributed by atoms with E-state index in [1.165, 1.54) is 51.4 Å². The summed E-state index contributed by atoms with van der Waals surface area (Å²) in [7, 11) is 0. The van der Waals surface area contributed by atoms with Crippen LogP contribution in [0.15, 0.2) is 0 Å². The van der Waals surface area contributed by atoms with Crippen molar-refractivity contribution in [3.63, 3.8) is 0 Å². The van der Waals surface area contributed by atoms with Crippen molar-refractivity contribution < 1.29 is 5.11 Å². The lowest BCUT2D eigenvalue weighted by atomic mass is 10.1. The quantitative estimate of drug-likeness (QED) is 0.435. The Hall–Kier alpha value is -0.120. The van der Waals surface area contributed by atoms with Gasteiger partial charge in [-0.15, -0.1) is 0 Å². The van der Waals surface area contributed by atoms with Gasteiger partial charge < -0.3 is 16.2 Å². The van der Waals surface area contributed by atoms with Gasteiger partial charge in [0, 0.05) is 6.54 Å². The molecule has 0 bridgehead atoms. The number of hydrogen-bond acceptors (Lipinski definition) is 3. The molecule has 0 fully saturated rings. The Morgan fingerprint density at radius 3 is 1.80 bits per heavy atom. The molecule has 0 saturated heterocycles. The van der Waals surface area contributed by atoms with Crippen LogP contribution in [0.3, 0.4) is 0 Å². The molecule has 0 aromatic rings. The van der Waals surface area contributed by atoms with E-state index in [9.17, 15) is 0 Å². The number of rotatable bonds is 12. The fourth-order valence-electron chi connectivity index (χ4n) is 1.66. The number of aliphatic hydroxyl groups is 1. The molecule has 4 N–H and O–H groups in total. The monoisotopic (exact) mass is 216 g/mol. The van der Waals surface area contributed by atoms with Crippen molar-refractivity contribution in [2.24, 2.45) is 5.73 Å². The van der Waals surface area contributed by atoms with Gasteiger partial charge in [0.2, 0.25) is 0 Å². The van der Waals surface area contributed by atoms with E-state index < -0.39 is 0 Å². The number of aliphatic hydroxyl groups excluding tert-OH is 1. The van der Waals surface area contributed by atoms with Crippen LogP contribution in [0, 0.1) is 0 Å². The first-order chi connectivity index (χ1) is 7.41. The molecule has 0 aliphatic heterocycles. The number of hydrogen-bond donors (Lipinski definition) is 3. The smallest absolute Gasteiger partial charge is 0.0555 e. The lowest BCUT2D eigenvalue weighted by Gasteiger charge is -2.03. The van der Waals surface area contributed by atoms with Crippen molar-refractivity contribution in [2.45, 2.75) is 51.4 Å². The molecule has 0 rings (SSSR count). The molecule has 0 radical (unpaired) electrons. The minimum Gasteiger partial charge on any atom is -0.395 e. The minimum atomic E-state index is 0.251. The van der Waals surface area contributed by atoms with Crippen LogP contribution in [0.5, 0.6) is 0 Å². The Kier molecular flexibility index (Phi) is 13.8. The van der Waals surface area contributed by atoms with Crippen LogP contribution in [-0.4, -0.2) is 31.3 Å². The lowest BCUT2D eigenvalue weighted by Crippen LogP contribution is -2.19. The Morgan fingerprint density at radius 1 is 0.733 bits per heavy atom. The van der Waals surface area contributed by atoms with Gasteiger partial charge >= 0.3 is 0 Å². The summed E-state index contributed by atoms with van der Waals surface area (Å²) in [5.74, 6) is 0. The van der Waals surface area contributed by atoms with Crippen LogP contribution in [0.2, 0.25) is 0 Å². The van der Waals surface area contributed by atoms with Gasteiger partial charge in [-0.3, -0.25) is 0 Å². The van der Waals surface area contributed by atoms with Crippen molar-refractivity contribution in [1.82, 2.24) is 5.32 Å². The standard InChI is InChI=1S/C12H28N2O/c13-9-7-5-3-1-2-4-6-8-10-14-11-12-15/h14-15H,1-13H2. The van der Waals surface area contributed by atoms with Gasteiger partial charge in [0.05, 0.1) is 6.61 Å². The zero-order chi connectivity index (χ0) is 11.2. The van der Waals surface area contributed by atoms with E-state index in [0.717, 1.165) is 19.6 Å². The normalized spacial score (nSPS) is 10.8. The molecule has 15 heavy (non-hydrogen) atoms. The van der Waals surface area contributed by atoms with Crippen molar-refractivity contribution in [3.8, 4) is 0 Å². The highest BCUT2D eigenvalue weighted by Crippen LogP contribution is 2.07. The third-order valence-electron chi connectivity index (χ3n) is 2.60. The zero-order valence-electron chi connectivity index (χ0n) is 10.0. The van der Waals surface area contributed by atoms with E-state index in [2.05, 4.69) is 5.32 Å². The second-order valence-electron chi connectivity index (χ2n) is 4.09. The summed E-state index contributed by atoms with van der Waals surface area (Å²) < 4.78 is 0. The lowest BCUT2D eigenvalue weighted by molar-refractivity contribution is 0.292. The summed E-state index contributed by atoms with van der Waals surface area (Å²) in [4.78, 5) is 0. The van der Waals surface area contributed by atoms with E-state index in [1.807, 2.05) is 0 Å². The fraction of sp³-hybridized carbons (Fsp3) is 1.00. The highest BCUT2D eigenvalue weighted by molar-refractivity contribution is 4.50. The van der Waals surface area contributed by atoms with Gasteiger partial charge in [-0.1, -0.05) is 38.5 Å². The van der Waals surface area contributed by atoms with Gasteiger partial charge in [-0.05, 0) is 25.9 Å². The van der Waals surface area contributed by atoms with E-state index >= 15 is 0 Å². The SMILES string of the molecule is NCCCCCCCCCCNCCO. The van der Waals surface area contributed by atoms with Gasteiger partial charge in [-0.25, -0.2) is 0 Å². The highest BCUT2D eigenvalue weighted by Gasteiger charge is 1.91. The van der Waals surface area contributed by atoms with Crippen LogP contribution in [0.4, 0.5) is 0 Å². The first-order valence-electron chi connectivity index (χ1n) is 6.43. The first-order valence-corrected chi connectivity index (χ1v) is 6.43. The Morgan fingerprint density at radius 2 is 1.27 bits per heavy atom. The summed E-state index contributed by atoms with van der Waals surface area (Å²) in [5.41, 5.74) is 5.42.